The highest BCUT2D eigenvalue weighted by Gasteiger charge is 2.24. The summed E-state index contributed by atoms with van der Waals surface area (Å²) in [5.74, 6) is 0.567. The van der Waals surface area contributed by atoms with Gasteiger partial charge in [0.1, 0.15) is 0 Å². The van der Waals surface area contributed by atoms with Crippen molar-refractivity contribution < 1.29 is 9.59 Å². The van der Waals surface area contributed by atoms with Gasteiger partial charge < -0.3 is 15.5 Å². The van der Waals surface area contributed by atoms with Crippen LogP contribution in [-0.2, 0) is 4.79 Å². The molecule has 2 N–H and O–H groups in total. The molecule has 0 unspecified atom stereocenters. The van der Waals surface area contributed by atoms with Crippen molar-refractivity contribution in [3.63, 3.8) is 0 Å². The SMILES string of the molecule is CC1CCN(c2ccc(NC(=O)C(C)(C)C)cc2C(=O)NC(C)C)CC1. The zero-order valence-electron chi connectivity index (χ0n) is 17.0. The third-order valence-electron chi connectivity index (χ3n) is 4.72. The summed E-state index contributed by atoms with van der Waals surface area (Å²) in [6.45, 7) is 13.7. The summed E-state index contributed by atoms with van der Waals surface area (Å²) in [5.41, 5.74) is 1.75. The first-order valence-electron chi connectivity index (χ1n) is 9.59. The smallest absolute Gasteiger partial charge is 0.253 e. The summed E-state index contributed by atoms with van der Waals surface area (Å²) >= 11 is 0. The van der Waals surface area contributed by atoms with E-state index in [0.717, 1.165) is 37.5 Å². The van der Waals surface area contributed by atoms with Gasteiger partial charge in [-0.15, -0.1) is 0 Å². The normalized spacial score (nSPS) is 15.9. The first-order chi connectivity index (χ1) is 12.1. The zero-order chi connectivity index (χ0) is 19.5. The van der Waals surface area contributed by atoms with Crippen LogP contribution in [-0.4, -0.2) is 30.9 Å². The molecule has 1 fully saturated rings. The molecule has 26 heavy (non-hydrogen) atoms. The lowest BCUT2D eigenvalue weighted by Gasteiger charge is -2.33. The van der Waals surface area contributed by atoms with Gasteiger partial charge in [-0.1, -0.05) is 27.7 Å². The Balaban J connectivity index is 2.32. The quantitative estimate of drug-likeness (QED) is 0.853. The molecule has 0 saturated carbocycles. The molecule has 0 radical (unpaired) electrons. The van der Waals surface area contributed by atoms with Crippen LogP contribution in [0.2, 0.25) is 0 Å². The van der Waals surface area contributed by atoms with Crippen molar-refractivity contribution in [1.82, 2.24) is 5.32 Å². The average molecular weight is 360 g/mol. The first kappa shape index (κ1) is 20.3. The van der Waals surface area contributed by atoms with Crippen LogP contribution < -0.4 is 15.5 Å². The number of benzene rings is 1. The van der Waals surface area contributed by atoms with Gasteiger partial charge in [0.15, 0.2) is 0 Å². The number of piperidine rings is 1. The molecule has 1 aromatic rings. The minimum atomic E-state index is -0.484. The number of nitrogens with zero attached hydrogens (tertiary/aromatic N) is 1. The van der Waals surface area contributed by atoms with E-state index in [2.05, 4.69) is 22.5 Å². The van der Waals surface area contributed by atoms with Gasteiger partial charge in [-0.2, -0.15) is 0 Å². The van der Waals surface area contributed by atoms with Crippen LogP contribution in [0, 0.1) is 11.3 Å². The highest BCUT2D eigenvalue weighted by atomic mass is 16.2. The summed E-state index contributed by atoms with van der Waals surface area (Å²) in [6, 6.07) is 5.71. The average Bonchev–Trinajstić information content (AvgIpc) is 2.54. The second-order valence-electron chi connectivity index (χ2n) is 8.73. The molecule has 0 aliphatic carbocycles. The van der Waals surface area contributed by atoms with Crippen LogP contribution in [0.4, 0.5) is 11.4 Å². The van der Waals surface area contributed by atoms with E-state index in [1.54, 1.807) is 6.07 Å². The van der Waals surface area contributed by atoms with Crippen molar-refractivity contribution in [3.05, 3.63) is 23.8 Å². The Labute approximate surface area is 157 Å². The van der Waals surface area contributed by atoms with E-state index in [1.807, 2.05) is 46.8 Å². The number of carbonyl (C=O) groups excluding carboxylic acids is 2. The predicted octanol–water partition coefficient (Wildman–Crippen LogP) is 4.05. The molecule has 5 heteroatoms. The largest absolute Gasteiger partial charge is 0.371 e. The second-order valence-corrected chi connectivity index (χ2v) is 8.73. The molecule has 1 aliphatic heterocycles. The molecule has 0 aromatic heterocycles. The molecule has 0 spiro atoms. The number of hydrogen-bond acceptors (Lipinski definition) is 3. The maximum absolute atomic E-state index is 12.8. The van der Waals surface area contributed by atoms with Crippen molar-refractivity contribution in [3.8, 4) is 0 Å². The minimum absolute atomic E-state index is 0.0598. The molecule has 0 atom stereocenters. The van der Waals surface area contributed by atoms with Gasteiger partial charge in [0.25, 0.3) is 5.91 Å². The van der Waals surface area contributed by atoms with Crippen molar-refractivity contribution in [2.75, 3.05) is 23.3 Å². The van der Waals surface area contributed by atoms with Crippen LogP contribution in [0.3, 0.4) is 0 Å². The molecule has 2 amide bonds. The number of rotatable bonds is 4. The summed E-state index contributed by atoms with van der Waals surface area (Å²) < 4.78 is 0. The first-order valence-corrected chi connectivity index (χ1v) is 9.59. The number of nitrogens with one attached hydrogen (secondary N) is 2. The molecule has 1 saturated heterocycles. The lowest BCUT2D eigenvalue weighted by Crippen LogP contribution is -2.36. The van der Waals surface area contributed by atoms with Gasteiger partial charge in [-0.3, -0.25) is 9.59 Å². The Kier molecular flexibility index (Phi) is 6.32. The molecule has 1 aromatic carbocycles. The van der Waals surface area contributed by atoms with Crippen LogP contribution in [0.15, 0.2) is 18.2 Å². The molecule has 144 valence electrons. The van der Waals surface area contributed by atoms with E-state index in [1.165, 1.54) is 0 Å². The standard InChI is InChI=1S/C21H33N3O2/c1-14(2)22-19(25)17-13-16(23-20(26)21(4,5)6)7-8-18(17)24-11-9-15(3)10-12-24/h7-8,13-15H,9-12H2,1-6H3,(H,22,25)(H,23,26). The fraction of sp³-hybridized carbons (Fsp3) is 0.619. The van der Waals surface area contributed by atoms with Gasteiger partial charge in [-0.05, 0) is 50.8 Å². The third kappa shape index (κ3) is 5.23. The maximum atomic E-state index is 12.8. The highest BCUT2D eigenvalue weighted by molar-refractivity contribution is 6.02. The summed E-state index contributed by atoms with van der Waals surface area (Å²) in [5, 5.41) is 5.91. The summed E-state index contributed by atoms with van der Waals surface area (Å²) in [4.78, 5) is 27.3. The van der Waals surface area contributed by atoms with E-state index < -0.39 is 5.41 Å². The zero-order valence-corrected chi connectivity index (χ0v) is 17.0. The summed E-state index contributed by atoms with van der Waals surface area (Å²) in [6.07, 6.45) is 2.27. The van der Waals surface area contributed by atoms with E-state index in [4.69, 9.17) is 0 Å². The molecule has 1 aliphatic rings. The molecular formula is C21H33N3O2. The van der Waals surface area contributed by atoms with E-state index in [0.29, 0.717) is 11.3 Å². The van der Waals surface area contributed by atoms with E-state index in [9.17, 15) is 9.59 Å². The van der Waals surface area contributed by atoms with Gasteiger partial charge in [-0.25, -0.2) is 0 Å². The molecule has 1 heterocycles. The van der Waals surface area contributed by atoms with Gasteiger partial charge in [0.05, 0.1) is 5.56 Å². The van der Waals surface area contributed by atoms with Crippen molar-refractivity contribution in [2.45, 2.75) is 60.4 Å². The van der Waals surface area contributed by atoms with Gasteiger partial charge in [0, 0.05) is 35.9 Å². The number of carbonyl (C=O) groups is 2. The Morgan fingerprint density at radius 3 is 2.31 bits per heavy atom. The van der Waals surface area contributed by atoms with Crippen LogP contribution in [0.1, 0.15) is 64.7 Å². The van der Waals surface area contributed by atoms with Gasteiger partial charge >= 0.3 is 0 Å². The van der Waals surface area contributed by atoms with Crippen molar-refractivity contribution in [1.29, 1.82) is 0 Å². The number of amides is 2. The molecule has 0 bridgehead atoms. The van der Waals surface area contributed by atoms with Crippen LogP contribution >= 0.6 is 0 Å². The predicted molar refractivity (Wildman–Crippen MR) is 108 cm³/mol. The highest BCUT2D eigenvalue weighted by Crippen LogP contribution is 2.29. The van der Waals surface area contributed by atoms with E-state index >= 15 is 0 Å². The Morgan fingerprint density at radius 1 is 1.15 bits per heavy atom. The van der Waals surface area contributed by atoms with E-state index in [-0.39, 0.29) is 17.9 Å². The molecule has 2 rings (SSSR count). The monoisotopic (exact) mass is 359 g/mol. The second kappa shape index (κ2) is 8.11. The molecule has 5 nitrogen and oxygen atoms in total. The minimum Gasteiger partial charge on any atom is -0.371 e. The van der Waals surface area contributed by atoms with Crippen LogP contribution in [0.25, 0.3) is 0 Å². The van der Waals surface area contributed by atoms with Gasteiger partial charge in [0.2, 0.25) is 5.91 Å². The topological polar surface area (TPSA) is 61.4 Å². The maximum Gasteiger partial charge on any atom is 0.253 e. The van der Waals surface area contributed by atoms with Crippen LogP contribution in [0.5, 0.6) is 0 Å². The van der Waals surface area contributed by atoms with Crippen molar-refractivity contribution >= 4 is 23.2 Å². The Morgan fingerprint density at radius 2 is 1.77 bits per heavy atom. The fourth-order valence-corrected chi connectivity index (χ4v) is 2.98. The fourth-order valence-electron chi connectivity index (χ4n) is 2.98. The third-order valence-corrected chi connectivity index (χ3v) is 4.72. The lowest BCUT2D eigenvalue weighted by atomic mass is 9.95. The Hall–Kier alpha value is -2.04. The summed E-state index contributed by atoms with van der Waals surface area (Å²) in [7, 11) is 0. The van der Waals surface area contributed by atoms with Crippen molar-refractivity contribution in [2.24, 2.45) is 11.3 Å². The lowest BCUT2D eigenvalue weighted by molar-refractivity contribution is -0.123. The molecular weight excluding hydrogens is 326 g/mol. The number of hydrogen-bond donors (Lipinski definition) is 2. The number of anilines is 2. The Bertz CT molecular complexity index is 654.